The molecule has 14 heavy (non-hydrogen) atoms. The Morgan fingerprint density at radius 1 is 1.36 bits per heavy atom. The summed E-state index contributed by atoms with van der Waals surface area (Å²) >= 11 is 0. The normalized spacial score (nSPS) is 11.4. The van der Waals surface area contributed by atoms with Gasteiger partial charge in [-0.05, 0) is 18.2 Å². The number of imidazole rings is 1. The lowest BCUT2D eigenvalue weighted by atomic mass is 10.3. The highest BCUT2D eigenvalue weighted by molar-refractivity contribution is 5.75. The number of hydrogen-bond donors (Lipinski definition) is 0. The number of hydrogen-bond acceptors (Lipinski definition) is 1. The second kappa shape index (κ2) is 3.32. The number of rotatable bonds is 2. The molecule has 0 aliphatic carbocycles. The number of nitrogens with zero attached hydrogens (tertiary/aromatic N) is 2. The minimum Gasteiger partial charge on any atom is -0.325 e. The summed E-state index contributed by atoms with van der Waals surface area (Å²) in [7, 11) is 0. The molecule has 2 aromatic rings. The Kier molecular flexibility index (Phi) is 2.15. The molecule has 0 spiro atoms. The first-order valence-corrected chi connectivity index (χ1v) is 4.05. The molecule has 0 atom stereocenters. The van der Waals surface area contributed by atoms with Crippen molar-refractivity contribution in [1.82, 2.24) is 9.55 Å². The van der Waals surface area contributed by atoms with Crippen LogP contribution in [0.25, 0.3) is 11.0 Å². The third kappa shape index (κ3) is 1.57. The molecule has 0 aliphatic heterocycles. The maximum Gasteiger partial charge on any atom is 0.256 e. The molecule has 0 fully saturated rings. The summed E-state index contributed by atoms with van der Waals surface area (Å²) in [6, 6.07) is 3.92. The zero-order valence-electron chi connectivity index (χ0n) is 7.12. The number of benzene rings is 1. The molecular weight excluding hydrogens is 193 g/mol. The van der Waals surface area contributed by atoms with Crippen LogP contribution in [0.3, 0.4) is 0 Å². The van der Waals surface area contributed by atoms with E-state index in [1.807, 2.05) is 0 Å². The molecule has 5 heteroatoms. The van der Waals surface area contributed by atoms with Crippen LogP contribution in [0.5, 0.6) is 0 Å². The standard InChI is InChI=1S/C9H7F3N2/c10-6-1-2-7-8(3-6)14(5-13-7)4-9(11)12/h1-3,5,9H,4H2. The molecule has 1 aromatic carbocycles. The molecule has 2 rings (SSSR count). The van der Waals surface area contributed by atoms with Crippen molar-refractivity contribution >= 4 is 11.0 Å². The Balaban J connectivity index is 2.50. The highest BCUT2D eigenvalue weighted by Crippen LogP contribution is 2.15. The van der Waals surface area contributed by atoms with Gasteiger partial charge in [-0.1, -0.05) is 0 Å². The van der Waals surface area contributed by atoms with E-state index < -0.39 is 18.8 Å². The number of fused-ring (bicyclic) bond motifs is 1. The molecule has 0 radical (unpaired) electrons. The van der Waals surface area contributed by atoms with Gasteiger partial charge in [0, 0.05) is 0 Å². The molecule has 1 aromatic heterocycles. The van der Waals surface area contributed by atoms with Crippen LogP contribution >= 0.6 is 0 Å². The van der Waals surface area contributed by atoms with Crippen molar-refractivity contribution in [2.75, 3.05) is 0 Å². The predicted octanol–water partition coefficient (Wildman–Crippen LogP) is 2.44. The van der Waals surface area contributed by atoms with E-state index in [0.717, 1.165) is 0 Å². The summed E-state index contributed by atoms with van der Waals surface area (Å²) in [6.07, 6.45) is -1.17. The molecule has 74 valence electrons. The molecule has 0 amide bonds. The Hall–Kier alpha value is -1.52. The molecule has 0 aliphatic rings. The lowest BCUT2D eigenvalue weighted by molar-refractivity contribution is 0.128. The minimum atomic E-state index is -2.46. The summed E-state index contributed by atoms with van der Waals surface area (Å²) in [5, 5.41) is 0. The largest absolute Gasteiger partial charge is 0.325 e. The molecule has 0 bridgehead atoms. The monoisotopic (exact) mass is 200 g/mol. The first-order valence-electron chi connectivity index (χ1n) is 4.05. The van der Waals surface area contributed by atoms with Gasteiger partial charge in [-0.3, -0.25) is 0 Å². The Morgan fingerprint density at radius 3 is 2.86 bits per heavy atom. The number of halogens is 3. The Morgan fingerprint density at radius 2 is 2.14 bits per heavy atom. The van der Waals surface area contributed by atoms with Crippen molar-refractivity contribution in [3.05, 3.63) is 30.3 Å². The van der Waals surface area contributed by atoms with Crippen LogP contribution in [0.4, 0.5) is 13.2 Å². The van der Waals surface area contributed by atoms with E-state index in [0.29, 0.717) is 11.0 Å². The van der Waals surface area contributed by atoms with Gasteiger partial charge in [0.25, 0.3) is 6.43 Å². The zero-order chi connectivity index (χ0) is 10.1. The maximum absolute atomic E-state index is 12.8. The van der Waals surface area contributed by atoms with Gasteiger partial charge in [-0.25, -0.2) is 18.2 Å². The number of alkyl halides is 2. The van der Waals surface area contributed by atoms with Gasteiger partial charge in [0.1, 0.15) is 5.82 Å². The lowest BCUT2D eigenvalue weighted by Crippen LogP contribution is -2.04. The molecule has 1 heterocycles. The van der Waals surface area contributed by atoms with Crippen molar-refractivity contribution in [3.63, 3.8) is 0 Å². The van der Waals surface area contributed by atoms with Gasteiger partial charge >= 0.3 is 0 Å². The van der Waals surface area contributed by atoms with Crippen molar-refractivity contribution in [2.24, 2.45) is 0 Å². The van der Waals surface area contributed by atoms with Crippen LogP contribution in [0, 0.1) is 5.82 Å². The van der Waals surface area contributed by atoms with E-state index >= 15 is 0 Å². The second-order valence-electron chi connectivity index (χ2n) is 2.92. The van der Waals surface area contributed by atoms with Crippen molar-refractivity contribution in [1.29, 1.82) is 0 Å². The minimum absolute atomic E-state index is 0.394. The van der Waals surface area contributed by atoms with Crippen LogP contribution in [0.15, 0.2) is 24.5 Å². The Bertz CT molecular complexity index is 450. The number of aromatic nitrogens is 2. The molecule has 2 nitrogen and oxygen atoms in total. The van der Waals surface area contributed by atoms with Crippen LogP contribution in [0.2, 0.25) is 0 Å². The summed E-state index contributed by atoms with van der Waals surface area (Å²) in [5.74, 6) is -0.450. The van der Waals surface area contributed by atoms with Gasteiger partial charge in [0.05, 0.1) is 23.9 Å². The van der Waals surface area contributed by atoms with Crippen LogP contribution in [0.1, 0.15) is 0 Å². The van der Waals surface area contributed by atoms with Gasteiger partial charge in [0.2, 0.25) is 0 Å². The van der Waals surface area contributed by atoms with Crippen molar-refractivity contribution < 1.29 is 13.2 Å². The van der Waals surface area contributed by atoms with E-state index in [4.69, 9.17) is 0 Å². The second-order valence-corrected chi connectivity index (χ2v) is 2.92. The van der Waals surface area contributed by atoms with Crippen molar-refractivity contribution in [2.45, 2.75) is 13.0 Å². The summed E-state index contributed by atoms with van der Waals surface area (Å²) in [6.45, 7) is -0.458. The van der Waals surface area contributed by atoms with Gasteiger partial charge < -0.3 is 4.57 Å². The molecule has 0 unspecified atom stereocenters. The van der Waals surface area contributed by atoms with Crippen LogP contribution in [-0.4, -0.2) is 16.0 Å². The van der Waals surface area contributed by atoms with E-state index in [1.165, 1.54) is 29.1 Å². The average Bonchev–Trinajstić information content (AvgIpc) is 2.47. The highest BCUT2D eigenvalue weighted by Gasteiger charge is 2.08. The summed E-state index contributed by atoms with van der Waals surface area (Å²) < 4.78 is 38.2. The Labute approximate surface area is 78.0 Å². The fourth-order valence-electron chi connectivity index (χ4n) is 1.32. The topological polar surface area (TPSA) is 17.8 Å². The third-order valence-corrected chi connectivity index (χ3v) is 1.92. The quantitative estimate of drug-likeness (QED) is 0.728. The van der Waals surface area contributed by atoms with E-state index in [9.17, 15) is 13.2 Å². The van der Waals surface area contributed by atoms with Gasteiger partial charge in [-0.2, -0.15) is 0 Å². The van der Waals surface area contributed by atoms with Crippen LogP contribution < -0.4 is 0 Å². The van der Waals surface area contributed by atoms with Gasteiger partial charge in [0.15, 0.2) is 0 Å². The highest BCUT2D eigenvalue weighted by atomic mass is 19.3. The maximum atomic E-state index is 12.8. The first-order chi connectivity index (χ1) is 6.66. The SMILES string of the molecule is Fc1ccc2ncn(CC(F)F)c2c1. The summed E-state index contributed by atoms with van der Waals surface area (Å²) in [5.41, 5.74) is 0.914. The molecule has 0 saturated carbocycles. The van der Waals surface area contributed by atoms with Crippen molar-refractivity contribution in [3.8, 4) is 0 Å². The van der Waals surface area contributed by atoms with E-state index in [-0.39, 0.29) is 0 Å². The van der Waals surface area contributed by atoms with E-state index in [1.54, 1.807) is 0 Å². The molecule has 0 N–H and O–H groups in total. The molecular formula is C9H7F3N2. The first kappa shape index (κ1) is 9.05. The fourth-order valence-corrected chi connectivity index (χ4v) is 1.32. The third-order valence-electron chi connectivity index (χ3n) is 1.92. The van der Waals surface area contributed by atoms with E-state index in [2.05, 4.69) is 4.98 Å². The molecule has 0 saturated heterocycles. The fraction of sp³-hybridized carbons (Fsp3) is 0.222. The van der Waals surface area contributed by atoms with Crippen LogP contribution in [-0.2, 0) is 6.54 Å². The average molecular weight is 200 g/mol. The smallest absolute Gasteiger partial charge is 0.256 e. The lowest BCUT2D eigenvalue weighted by Gasteiger charge is -2.02. The zero-order valence-corrected chi connectivity index (χ0v) is 7.12. The predicted molar refractivity (Wildman–Crippen MR) is 45.7 cm³/mol. The summed E-state index contributed by atoms with van der Waals surface area (Å²) in [4.78, 5) is 3.88. The van der Waals surface area contributed by atoms with Gasteiger partial charge in [-0.15, -0.1) is 0 Å².